The summed E-state index contributed by atoms with van der Waals surface area (Å²) in [4.78, 5) is 5.40. The summed E-state index contributed by atoms with van der Waals surface area (Å²) in [6, 6.07) is 7.99. The number of thiophene rings is 1. The van der Waals surface area contributed by atoms with Crippen molar-refractivity contribution in [3.05, 3.63) is 45.9 Å². The number of aliphatic hydroxyl groups is 1. The van der Waals surface area contributed by atoms with Crippen molar-refractivity contribution in [3.8, 4) is 16.9 Å². The molecule has 0 aliphatic heterocycles. The molecule has 0 amide bonds. The Morgan fingerprint density at radius 1 is 1.14 bits per heavy atom. The highest BCUT2D eigenvalue weighted by atomic mass is 35.5. The van der Waals surface area contributed by atoms with E-state index in [9.17, 15) is 5.11 Å². The first-order valence-corrected chi connectivity index (χ1v) is 11.3. The molecule has 5 heteroatoms. The Bertz CT molecular complexity index is 1020. The number of halogens is 1. The molecular formula is C23H24ClNO2S. The molecule has 0 radical (unpaired) electrons. The number of hydrogen-bond donors (Lipinski definition) is 1. The summed E-state index contributed by atoms with van der Waals surface area (Å²) in [5.41, 5.74) is 4.09. The van der Waals surface area contributed by atoms with E-state index in [-0.39, 0.29) is 6.61 Å². The summed E-state index contributed by atoms with van der Waals surface area (Å²) in [5.74, 6) is 2.61. The third kappa shape index (κ3) is 3.32. The minimum Gasteiger partial charge on any atom is -0.489 e. The molecule has 1 N–H and O–H groups in total. The van der Waals surface area contributed by atoms with Crippen molar-refractivity contribution in [1.29, 1.82) is 0 Å². The van der Waals surface area contributed by atoms with Gasteiger partial charge in [0.15, 0.2) is 0 Å². The van der Waals surface area contributed by atoms with Crippen LogP contribution in [0, 0.1) is 18.8 Å². The second-order valence-corrected chi connectivity index (χ2v) is 9.87. The fourth-order valence-electron chi connectivity index (χ4n) is 5.07. The van der Waals surface area contributed by atoms with Crippen molar-refractivity contribution in [2.45, 2.75) is 51.7 Å². The van der Waals surface area contributed by atoms with Crippen LogP contribution < -0.4 is 4.74 Å². The van der Waals surface area contributed by atoms with Crippen LogP contribution in [0.3, 0.4) is 0 Å². The normalized spacial score (nSPS) is 24.0. The molecule has 3 nitrogen and oxygen atoms in total. The van der Waals surface area contributed by atoms with E-state index >= 15 is 0 Å². The van der Waals surface area contributed by atoms with E-state index in [0.29, 0.717) is 11.1 Å². The van der Waals surface area contributed by atoms with Crippen LogP contribution in [0.1, 0.15) is 42.5 Å². The molecule has 3 atom stereocenters. The SMILES string of the molecule is Cc1cc(Cl)cc(-c2ccnc3cc(CO)sc23)c1OC1C[C@H]2CC[C@@H](C1)C2. The Balaban J connectivity index is 1.59. The molecule has 146 valence electrons. The molecule has 1 unspecified atom stereocenters. The van der Waals surface area contributed by atoms with Crippen LogP contribution in [0.15, 0.2) is 30.5 Å². The lowest BCUT2D eigenvalue weighted by Crippen LogP contribution is -2.26. The van der Waals surface area contributed by atoms with Crippen LogP contribution in [0.4, 0.5) is 0 Å². The van der Waals surface area contributed by atoms with Gasteiger partial charge in [-0.3, -0.25) is 4.98 Å². The highest BCUT2D eigenvalue weighted by Gasteiger charge is 2.35. The van der Waals surface area contributed by atoms with Crippen molar-refractivity contribution in [1.82, 2.24) is 4.98 Å². The Morgan fingerprint density at radius 2 is 1.93 bits per heavy atom. The van der Waals surface area contributed by atoms with E-state index < -0.39 is 0 Å². The summed E-state index contributed by atoms with van der Waals surface area (Å²) in [7, 11) is 0. The van der Waals surface area contributed by atoms with Crippen molar-refractivity contribution in [2.24, 2.45) is 11.8 Å². The van der Waals surface area contributed by atoms with Crippen LogP contribution in [-0.2, 0) is 6.61 Å². The standard InChI is InChI=1S/C23H24ClNO2S/c1-13-6-16(24)10-20(19-4-5-25-21-11-18(12-26)28-23(19)21)22(13)27-17-8-14-2-3-15(7-14)9-17/h4-6,10-11,14-15,17,26H,2-3,7-9,12H2,1H3/t14-,15+,17?. The second-order valence-electron chi connectivity index (χ2n) is 8.30. The lowest BCUT2D eigenvalue weighted by atomic mass is 9.87. The maximum Gasteiger partial charge on any atom is 0.130 e. The summed E-state index contributed by atoms with van der Waals surface area (Å²) in [6.07, 6.45) is 8.55. The molecule has 2 fully saturated rings. The third-order valence-electron chi connectivity index (χ3n) is 6.28. The molecule has 2 aliphatic carbocycles. The van der Waals surface area contributed by atoms with Gasteiger partial charge in [0.05, 0.1) is 22.9 Å². The summed E-state index contributed by atoms with van der Waals surface area (Å²) in [5, 5.41) is 10.3. The zero-order valence-electron chi connectivity index (χ0n) is 16.0. The number of nitrogens with zero attached hydrogens (tertiary/aromatic N) is 1. The first kappa shape index (κ1) is 18.4. The molecule has 0 saturated heterocycles. The number of ether oxygens (including phenoxy) is 1. The molecule has 2 aliphatic rings. The van der Waals surface area contributed by atoms with Crippen molar-refractivity contribution < 1.29 is 9.84 Å². The Kier molecular flexibility index (Phi) is 4.82. The molecule has 5 rings (SSSR count). The van der Waals surface area contributed by atoms with Crippen LogP contribution in [-0.4, -0.2) is 16.2 Å². The third-order valence-corrected chi connectivity index (χ3v) is 7.64. The largest absolute Gasteiger partial charge is 0.489 e. The first-order chi connectivity index (χ1) is 13.6. The number of aromatic nitrogens is 1. The van der Waals surface area contributed by atoms with Gasteiger partial charge in [-0.2, -0.15) is 0 Å². The average Bonchev–Trinajstić information content (AvgIpc) is 3.26. The van der Waals surface area contributed by atoms with Crippen LogP contribution >= 0.6 is 22.9 Å². The Morgan fingerprint density at radius 3 is 2.68 bits per heavy atom. The van der Waals surface area contributed by atoms with Gasteiger partial charge in [-0.25, -0.2) is 0 Å². The number of pyridine rings is 1. The van der Waals surface area contributed by atoms with E-state index in [4.69, 9.17) is 16.3 Å². The molecule has 28 heavy (non-hydrogen) atoms. The van der Waals surface area contributed by atoms with Gasteiger partial charge in [-0.05, 0) is 67.9 Å². The molecular weight excluding hydrogens is 390 g/mol. The van der Waals surface area contributed by atoms with E-state index in [1.54, 1.807) is 11.3 Å². The minimum absolute atomic E-state index is 0.0310. The van der Waals surface area contributed by atoms with Gasteiger partial charge in [0.2, 0.25) is 0 Å². The van der Waals surface area contributed by atoms with Crippen molar-refractivity contribution >= 4 is 33.2 Å². The highest BCUT2D eigenvalue weighted by Crippen LogP contribution is 2.46. The molecule has 0 spiro atoms. The smallest absolute Gasteiger partial charge is 0.130 e. The maximum atomic E-state index is 9.55. The lowest BCUT2D eigenvalue weighted by molar-refractivity contribution is 0.118. The zero-order valence-corrected chi connectivity index (χ0v) is 17.5. The summed E-state index contributed by atoms with van der Waals surface area (Å²) >= 11 is 8.03. The topological polar surface area (TPSA) is 42.4 Å². The van der Waals surface area contributed by atoms with Gasteiger partial charge in [0.1, 0.15) is 5.75 Å². The second kappa shape index (κ2) is 7.33. The van der Waals surface area contributed by atoms with Crippen LogP contribution in [0.2, 0.25) is 5.02 Å². The fourth-order valence-corrected chi connectivity index (χ4v) is 6.35. The van der Waals surface area contributed by atoms with E-state index in [0.717, 1.165) is 62.2 Å². The van der Waals surface area contributed by atoms with Crippen LogP contribution in [0.25, 0.3) is 21.3 Å². The van der Waals surface area contributed by atoms with E-state index in [1.165, 1.54) is 19.3 Å². The summed E-state index contributed by atoms with van der Waals surface area (Å²) < 4.78 is 7.74. The minimum atomic E-state index is 0.0310. The molecule has 3 aromatic rings. The Labute approximate surface area is 174 Å². The van der Waals surface area contributed by atoms with E-state index in [1.807, 2.05) is 30.5 Å². The van der Waals surface area contributed by atoms with Gasteiger partial charge in [0, 0.05) is 27.2 Å². The number of benzene rings is 1. The highest BCUT2D eigenvalue weighted by molar-refractivity contribution is 7.19. The quantitative estimate of drug-likeness (QED) is 0.539. The van der Waals surface area contributed by atoms with Gasteiger partial charge in [-0.15, -0.1) is 11.3 Å². The number of aliphatic hydroxyl groups excluding tert-OH is 1. The molecule has 2 saturated carbocycles. The van der Waals surface area contributed by atoms with Crippen LogP contribution in [0.5, 0.6) is 5.75 Å². The predicted octanol–water partition coefficient (Wildman–Crippen LogP) is 6.37. The van der Waals surface area contributed by atoms with Gasteiger partial charge >= 0.3 is 0 Å². The van der Waals surface area contributed by atoms with Crippen molar-refractivity contribution in [2.75, 3.05) is 0 Å². The number of hydrogen-bond acceptors (Lipinski definition) is 4. The van der Waals surface area contributed by atoms with Gasteiger partial charge in [-0.1, -0.05) is 24.4 Å². The molecule has 2 bridgehead atoms. The summed E-state index contributed by atoms with van der Waals surface area (Å²) in [6.45, 7) is 2.11. The van der Waals surface area contributed by atoms with E-state index in [2.05, 4.69) is 11.9 Å². The molecule has 2 aromatic heterocycles. The number of aryl methyl sites for hydroxylation is 1. The average molecular weight is 414 g/mol. The Hall–Kier alpha value is -1.62. The fraction of sp³-hybridized carbons (Fsp3) is 0.435. The maximum absolute atomic E-state index is 9.55. The predicted molar refractivity (Wildman–Crippen MR) is 115 cm³/mol. The van der Waals surface area contributed by atoms with Gasteiger partial charge < -0.3 is 9.84 Å². The monoisotopic (exact) mass is 413 g/mol. The lowest BCUT2D eigenvalue weighted by Gasteiger charge is -2.30. The number of fused-ring (bicyclic) bond motifs is 3. The van der Waals surface area contributed by atoms with Crippen molar-refractivity contribution in [3.63, 3.8) is 0 Å². The van der Waals surface area contributed by atoms with Gasteiger partial charge in [0.25, 0.3) is 0 Å². The molecule has 2 heterocycles. The number of rotatable bonds is 4. The zero-order chi connectivity index (χ0) is 19.3. The molecule has 1 aromatic carbocycles. The first-order valence-electron chi connectivity index (χ1n) is 10.1.